The fourth-order valence-electron chi connectivity index (χ4n) is 3.32. The highest BCUT2D eigenvalue weighted by Crippen LogP contribution is 2.18. The van der Waals surface area contributed by atoms with Crippen LogP contribution in [-0.2, 0) is 11.8 Å². The number of ether oxygens (including phenoxy) is 1. The van der Waals surface area contributed by atoms with Crippen LogP contribution >= 0.6 is 0 Å². The Bertz CT molecular complexity index is 693. The molecule has 0 aromatic carbocycles. The van der Waals surface area contributed by atoms with E-state index in [4.69, 9.17) is 9.73 Å². The van der Waals surface area contributed by atoms with Crippen molar-refractivity contribution in [3.63, 3.8) is 0 Å². The van der Waals surface area contributed by atoms with Gasteiger partial charge in [-0.05, 0) is 48.2 Å². The predicted octanol–water partition coefficient (Wildman–Crippen LogP) is 1.59. The zero-order chi connectivity index (χ0) is 21.6. The number of carbonyl (C=O) groups is 1. The summed E-state index contributed by atoms with van der Waals surface area (Å²) in [5.74, 6) is 0.872. The molecule has 2 N–H and O–H groups in total. The highest BCUT2D eigenvalue weighted by molar-refractivity contribution is 5.80. The Labute approximate surface area is 174 Å². The number of likely N-dealkylation sites (tertiary alicyclic amines) is 1. The van der Waals surface area contributed by atoms with Crippen LogP contribution in [0.5, 0.6) is 0 Å². The Morgan fingerprint density at radius 3 is 2.72 bits per heavy atom. The predicted molar refractivity (Wildman–Crippen MR) is 115 cm³/mol. The number of rotatable bonds is 6. The number of likely N-dealkylation sites (N-methyl/N-ethyl adjacent to an activating group) is 1. The standard InChI is InChI=1S/C20H37N7O2/c1-8-21-18(22-12-17(25(5)6)15-11-23-26(7)13-15)27-10-9-16(14-27)24-19(28)29-20(2,3)4/h11,13,16-17H,8-10,12,14H2,1-7H3,(H,21,22)(H,24,28). The molecule has 0 spiro atoms. The smallest absolute Gasteiger partial charge is 0.407 e. The first-order valence-corrected chi connectivity index (χ1v) is 10.3. The van der Waals surface area contributed by atoms with E-state index in [-0.39, 0.29) is 18.2 Å². The second-order valence-corrected chi connectivity index (χ2v) is 8.70. The molecule has 2 rings (SSSR count). The maximum atomic E-state index is 12.1. The number of nitrogens with one attached hydrogen (secondary N) is 2. The fraction of sp³-hybridized carbons (Fsp3) is 0.750. The molecule has 2 unspecified atom stereocenters. The van der Waals surface area contributed by atoms with Crippen LogP contribution in [0.25, 0.3) is 0 Å². The lowest BCUT2D eigenvalue weighted by atomic mass is 10.1. The zero-order valence-corrected chi connectivity index (χ0v) is 18.9. The molecule has 0 aliphatic carbocycles. The number of aromatic nitrogens is 2. The molecule has 0 radical (unpaired) electrons. The van der Waals surface area contributed by atoms with Crippen LogP contribution in [0.15, 0.2) is 17.4 Å². The Hall–Kier alpha value is -2.29. The number of aryl methyl sites for hydroxylation is 1. The van der Waals surface area contributed by atoms with Crippen molar-refractivity contribution in [2.24, 2.45) is 12.0 Å². The summed E-state index contributed by atoms with van der Waals surface area (Å²) >= 11 is 0. The summed E-state index contributed by atoms with van der Waals surface area (Å²) in [6, 6.07) is 0.201. The summed E-state index contributed by atoms with van der Waals surface area (Å²) in [6.07, 6.45) is 4.42. The van der Waals surface area contributed by atoms with Gasteiger partial charge in [0.25, 0.3) is 0 Å². The number of carbonyl (C=O) groups excluding carboxylic acids is 1. The number of hydrogen-bond donors (Lipinski definition) is 2. The lowest BCUT2D eigenvalue weighted by Gasteiger charge is -2.25. The molecule has 2 atom stereocenters. The van der Waals surface area contributed by atoms with Gasteiger partial charge in [-0.1, -0.05) is 0 Å². The second kappa shape index (κ2) is 9.96. The summed E-state index contributed by atoms with van der Waals surface area (Å²) in [5, 5.41) is 10.6. The second-order valence-electron chi connectivity index (χ2n) is 8.70. The largest absolute Gasteiger partial charge is 0.444 e. The molecular formula is C20H37N7O2. The van der Waals surface area contributed by atoms with Crippen molar-refractivity contribution in [1.29, 1.82) is 0 Å². The van der Waals surface area contributed by atoms with Gasteiger partial charge in [0.05, 0.1) is 24.8 Å². The molecule has 2 heterocycles. The van der Waals surface area contributed by atoms with Gasteiger partial charge in [0, 0.05) is 38.4 Å². The van der Waals surface area contributed by atoms with E-state index in [1.54, 1.807) is 0 Å². The number of alkyl carbamates (subject to hydrolysis) is 1. The van der Waals surface area contributed by atoms with E-state index in [1.165, 1.54) is 0 Å². The van der Waals surface area contributed by atoms with Crippen LogP contribution in [-0.4, -0.2) is 83.6 Å². The van der Waals surface area contributed by atoms with Crippen LogP contribution < -0.4 is 10.6 Å². The first-order chi connectivity index (χ1) is 13.6. The lowest BCUT2D eigenvalue weighted by Crippen LogP contribution is -2.44. The molecule has 0 bridgehead atoms. The van der Waals surface area contributed by atoms with Crippen molar-refractivity contribution in [3.8, 4) is 0 Å². The quantitative estimate of drug-likeness (QED) is 0.550. The number of amides is 1. The number of aliphatic imine (C=N–C) groups is 1. The third-order valence-corrected chi connectivity index (χ3v) is 4.69. The molecular weight excluding hydrogens is 370 g/mol. The molecule has 164 valence electrons. The highest BCUT2D eigenvalue weighted by Gasteiger charge is 2.28. The molecule has 29 heavy (non-hydrogen) atoms. The first-order valence-electron chi connectivity index (χ1n) is 10.3. The summed E-state index contributed by atoms with van der Waals surface area (Å²) in [5.41, 5.74) is 0.648. The molecule has 1 aromatic rings. The van der Waals surface area contributed by atoms with Gasteiger partial charge in [0.1, 0.15) is 5.60 Å². The summed E-state index contributed by atoms with van der Waals surface area (Å²) < 4.78 is 7.18. The first kappa shape index (κ1) is 23.0. The summed E-state index contributed by atoms with van der Waals surface area (Å²) in [4.78, 5) is 21.3. The minimum absolute atomic E-state index is 0.0525. The van der Waals surface area contributed by atoms with E-state index in [1.807, 2.05) is 44.9 Å². The normalized spacial score (nSPS) is 18.8. The molecule has 1 saturated heterocycles. The van der Waals surface area contributed by atoms with Crippen molar-refractivity contribution in [3.05, 3.63) is 18.0 Å². The Kier molecular flexibility index (Phi) is 7.89. The topological polar surface area (TPSA) is 87.0 Å². The Balaban J connectivity index is 2.00. The van der Waals surface area contributed by atoms with E-state index in [9.17, 15) is 4.79 Å². The minimum atomic E-state index is -0.494. The molecule has 1 fully saturated rings. The number of hydrogen-bond acceptors (Lipinski definition) is 5. The van der Waals surface area contributed by atoms with Crippen molar-refractivity contribution in [1.82, 2.24) is 30.2 Å². The number of guanidine groups is 1. The van der Waals surface area contributed by atoms with E-state index in [0.29, 0.717) is 13.1 Å². The van der Waals surface area contributed by atoms with Gasteiger partial charge in [-0.3, -0.25) is 9.67 Å². The van der Waals surface area contributed by atoms with Crippen LogP contribution in [0.1, 0.15) is 45.7 Å². The van der Waals surface area contributed by atoms with Crippen LogP contribution in [0.2, 0.25) is 0 Å². The Morgan fingerprint density at radius 2 is 2.17 bits per heavy atom. The van der Waals surface area contributed by atoms with Crippen LogP contribution in [0, 0.1) is 0 Å². The molecule has 1 aliphatic rings. The molecule has 9 heteroatoms. The third kappa shape index (κ3) is 7.23. The molecule has 1 aliphatic heterocycles. The van der Waals surface area contributed by atoms with E-state index >= 15 is 0 Å². The number of nitrogens with zero attached hydrogens (tertiary/aromatic N) is 5. The minimum Gasteiger partial charge on any atom is -0.444 e. The average Bonchev–Trinajstić information content (AvgIpc) is 3.21. The van der Waals surface area contributed by atoms with Crippen molar-refractivity contribution >= 4 is 12.1 Å². The third-order valence-electron chi connectivity index (χ3n) is 4.69. The van der Waals surface area contributed by atoms with Gasteiger partial charge in [-0.25, -0.2) is 4.79 Å². The summed E-state index contributed by atoms with van der Waals surface area (Å²) in [6.45, 7) is 10.6. The van der Waals surface area contributed by atoms with Crippen molar-refractivity contribution < 1.29 is 9.53 Å². The van der Waals surface area contributed by atoms with Crippen molar-refractivity contribution in [2.45, 2.75) is 51.8 Å². The fourth-order valence-corrected chi connectivity index (χ4v) is 3.32. The molecule has 0 saturated carbocycles. The van der Waals surface area contributed by atoms with Gasteiger partial charge >= 0.3 is 6.09 Å². The highest BCUT2D eigenvalue weighted by atomic mass is 16.6. The zero-order valence-electron chi connectivity index (χ0n) is 18.9. The monoisotopic (exact) mass is 407 g/mol. The van der Waals surface area contributed by atoms with E-state index < -0.39 is 5.60 Å². The van der Waals surface area contributed by atoms with Gasteiger partial charge in [0.2, 0.25) is 0 Å². The SMILES string of the molecule is CCNC(=NCC(c1cnn(C)c1)N(C)C)N1CCC(NC(=O)OC(C)(C)C)C1. The molecule has 1 amide bonds. The van der Waals surface area contributed by atoms with E-state index in [2.05, 4.69) is 46.6 Å². The Morgan fingerprint density at radius 1 is 1.45 bits per heavy atom. The van der Waals surface area contributed by atoms with Gasteiger partial charge in [-0.2, -0.15) is 5.10 Å². The maximum Gasteiger partial charge on any atom is 0.407 e. The summed E-state index contributed by atoms with van der Waals surface area (Å²) in [7, 11) is 6.03. The van der Waals surface area contributed by atoms with Crippen LogP contribution in [0.3, 0.4) is 0 Å². The maximum absolute atomic E-state index is 12.1. The van der Waals surface area contributed by atoms with Gasteiger partial charge < -0.3 is 25.2 Å². The van der Waals surface area contributed by atoms with Crippen molar-refractivity contribution in [2.75, 3.05) is 40.3 Å². The van der Waals surface area contributed by atoms with Crippen LogP contribution in [0.4, 0.5) is 4.79 Å². The van der Waals surface area contributed by atoms with Gasteiger partial charge in [-0.15, -0.1) is 0 Å². The molecule has 9 nitrogen and oxygen atoms in total. The van der Waals surface area contributed by atoms with E-state index in [0.717, 1.165) is 31.0 Å². The van der Waals surface area contributed by atoms with Gasteiger partial charge in [0.15, 0.2) is 5.96 Å². The molecule has 1 aromatic heterocycles. The average molecular weight is 408 g/mol. The lowest BCUT2D eigenvalue weighted by molar-refractivity contribution is 0.0507.